The first-order chi connectivity index (χ1) is 8.50. The maximum absolute atomic E-state index is 13.3. The molecule has 5 nitrogen and oxygen atoms in total. The van der Waals surface area contributed by atoms with Crippen LogP contribution < -0.4 is 4.72 Å². The molecule has 1 aromatic heterocycles. The van der Waals surface area contributed by atoms with Gasteiger partial charge in [0.15, 0.2) is 5.82 Å². The summed E-state index contributed by atoms with van der Waals surface area (Å²) in [5.41, 5.74) is 0. The third kappa shape index (κ3) is 3.24. The summed E-state index contributed by atoms with van der Waals surface area (Å²) in [5, 5.41) is -0.543. The van der Waals surface area contributed by atoms with Crippen LogP contribution in [0, 0.1) is 5.82 Å². The number of pyridine rings is 1. The molecule has 1 heterocycles. The lowest BCUT2D eigenvalue weighted by Gasteiger charge is -2.15. The molecule has 1 N–H and O–H groups in total. The Kier molecular flexibility index (Phi) is 3.94. The fourth-order valence-corrected chi connectivity index (χ4v) is 2.71. The first-order valence-corrected chi connectivity index (χ1v) is 7.29. The van der Waals surface area contributed by atoms with Crippen molar-refractivity contribution in [1.29, 1.82) is 0 Å². The molecule has 0 aromatic carbocycles. The molecule has 18 heavy (non-hydrogen) atoms. The van der Waals surface area contributed by atoms with E-state index in [0.29, 0.717) is 12.6 Å². The number of hydrogen-bond donors (Lipinski definition) is 1. The van der Waals surface area contributed by atoms with Gasteiger partial charge in [0.05, 0.1) is 0 Å². The Bertz CT molecular complexity index is 517. The van der Waals surface area contributed by atoms with E-state index in [0.717, 1.165) is 18.9 Å². The molecule has 0 aliphatic heterocycles. The number of nitrogens with one attached hydrogen (secondary N) is 1. The zero-order chi connectivity index (χ0) is 13.2. The Morgan fingerprint density at radius 3 is 2.89 bits per heavy atom. The van der Waals surface area contributed by atoms with E-state index in [1.165, 1.54) is 12.3 Å². The maximum Gasteiger partial charge on any atom is 0.261 e. The van der Waals surface area contributed by atoms with E-state index in [1.54, 1.807) is 0 Å². The molecule has 7 heteroatoms. The van der Waals surface area contributed by atoms with Gasteiger partial charge in [0.1, 0.15) is 0 Å². The number of aromatic nitrogens is 1. The lowest BCUT2D eigenvalue weighted by atomic mass is 10.5. The summed E-state index contributed by atoms with van der Waals surface area (Å²) in [6.45, 7) is 0.865. The summed E-state index contributed by atoms with van der Waals surface area (Å²) in [5.74, 6) is -0.833. The van der Waals surface area contributed by atoms with Crippen molar-refractivity contribution < 1.29 is 12.8 Å². The van der Waals surface area contributed by atoms with E-state index < -0.39 is 20.9 Å². The van der Waals surface area contributed by atoms with E-state index in [1.807, 2.05) is 7.05 Å². The Labute approximate surface area is 106 Å². The van der Waals surface area contributed by atoms with Crippen molar-refractivity contribution in [2.45, 2.75) is 23.9 Å². The predicted octanol–water partition coefficient (Wildman–Crippen LogP) is 0.593. The van der Waals surface area contributed by atoms with Gasteiger partial charge in [-0.15, -0.1) is 0 Å². The van der Waals surface area contributed by atoms with Crippen molar-refractivity contribution in [3.63, 3.8) is 0 Å². The summed E-state index contributed by atoms with van der Waals surface area (Å²) < 4.78 is 39.3. The number of sulfonamides is 1. The lowest BCUT2D eigenvalue weighted by Crippen LogP contribution is -2.34. The van der Waals surface area contributed by atoms with Gasteiger partial charge < -0.3 is 4.90 Å². The number of nitrogens with zero attached hydrogens (tertiary/aromatic N) is 2. The smallest absolute Gasteiger partial charge is 0.261 e. The molecule has 0 bridgehead atoms. The predicted molar refractivity (Wildman–Crippen MR) is 65.0 cm³/mol. The molecule has 0 unspecified atom stereocenters. The van der Waals surface area contributed by atoms with Gasteiger partial charge >= 0.3 is 0 Å². The average molecular weight is 273 g/mol. The fourth-order valence-electron chi connectivity index (χ4n) is 1.69. The molecule has 1 fully saturated rings. The minimum atomic E-state index is -3.85. The first kappa shape index (κ1) is 13.4. The third-order valence-electron chi connectivity index (χ3n) is 2.91. The van der Waals surface area contributed by atoms with Gasteiger partial charge in [-0.2, -0.15) is 0 Å². The van der Waals surface area contributed by atoms with Gasteiger partial charge in [-0.05, 0) is 32.0 Å². The van der Waals surface area contributed by atoms with Gasteiger partial charge in [-0.1, -0.05) is 0 Å². The molecule has 0 spiro atoms. The molecular weight excluding hydrogens is 257 g/mol. The van der Waals surface area contributed by atoms with E-state index in [-0.39, 0.29) is 6.54 Å². The first-order valence-electron chi connectivity index (χ1n) is 5.81. The molecule has 100 valence electrons. The van der Waals surface area contributed by atoms with Crippen molar-refractivity contribution >= 4 is 10.0 Å². The van der Waals surface area contributed by atoms with Gasteiger partial charge in [0.2, 0.25) is 5.03 Å². The summed E-state index contributed by atoms with van der Waals surface area (Å²) in [7, 11) is -1.90. The Morgan fingerprint density at radius 1 is 1.56 bits per heavy atom. The van der Waals surface area contributed by atoms with Crippen LogP contribution in [0.4, 0.5) is 4.39 Å². The topological polar surface area (TPSA) is 62.3 Å². The van der Waals surface area contributed by atoms with Gasteiger partial charge in [0, 0.05) is 25.3 Å². The van der Waals surface area contributed by atoms with Crippen molar-refractivity contribution in [1.82, 2.24) is 14.6 Å². The minimum Gasteiger partial charge on any atom is -0.302 e. The summed E-state index contributed by atoms with van der Waals surface area (Å²) in [6, 6.07) is 3.01. The monoisotopic (exact) mass is 273 g/mol. The quantitative estimate of drug-likeness (QED) is 0.824. The zero-order valence-corrected chi connectivity index (χ0v) is 11.0. The van der Waals surface area contributed by atoms with Crippen LogP contribution in [0.5, 0.6) is 0 Å². The van der Waals surface area contributed by atoms with Crippen molar-refractivity contribution in [3.05, 3.63) is 24.1 Å². The zero-order valence-electron chi connectivity index (χ0n) is 10.1. The second-order valence-corrected chi connectivity index (χ2v) is 6.08. The fraction of sp³-hybridized carbons (Fsp3) is 0.545. The van der Waals surface area contributed by atoms with E-state index in [4.69, 9.17) is 0 Å². The highest BCUT2D eigenvalue weighted by atomic mass is 32.2. The van der Waals surface area contributed by atoms with Crippen LogP contribution in [-0.2, 0) is 10.0 Å². The molecule has 0 saturated heterocycles. The second-order valence-electron chi connectivity index (χ2n) is 4.40. The van der Waals surface area contributed by atoms with E-state index in [2.05, 4.69) is 14.6 Å². The molecule has 1 aromatic rings. The van der Waals surface area contributed by atoms with Gasteiger partial charge in [-0.3, -0.25) is 0 Å². The number of likely N-dealkylation sites (N-methyl/N-ethyl adjacent to an activating group) is 1. The Hall–Kier alpha value is -1.05. The average Bonchev–Trinajstić information content (AvgIpc) is 3.12. The standard InChI is InChI=1S/C11H16FN3O2S/c1-15(9-4-5-9)8-7-14-18(16,17)11-10(12)3-2-6-13-11/h2-3,6,9,14H,4-5,7-8H2,1H3. The highest BCUT2D eigenvalue weighted by molar-refractivity contribution is 7.89. The van der Waals surface area contributed by atoms with Crippen LogP contribution in [0.1, 0.15) is 12.8 Å². The molecule has 1 aliphatic rings. The van der Waals surface area contributed by atoms with Gasteiger partial charge in [0.25, 0.3) is 10.0 Å². The normalized spacial score (nSPS) is 16.2. The second kappa shape index (κ2) is 5.29. The molecule has 1 aliphatic carbocycles. The van der Waals surface area contributed by atoms with E-state index >= 15 is 0 Å². The van der Waals surface area contributed by atoms with Crippen molar-refractivity contribution in [3.8, 4) is 0 Å². The SMILES string of the molecule is CN(CCNS(=O)(=O)c1ncccc1F)C1CC1. The minimum absolute atomic E-state index is 0.255. The lowest BCUT2D eigenvalue weighted by molar-refractivity contribution is 0.329. The third-order valence-corrected chi connectivity index (χ3v) is 4.30. The number of halogens is 1. The van der Waals surface area contributed by atoms with Crippen LogP contribution in [0.15, 0.2) is 23.4 Å². The molecular formula is C11H16FN3O2S. The Balaban J connectivity index is 1.93. The largest absolute Gasteiger partial charge is 0.302 e. The Morgan fingerprint density at radius 2 is 2.28 bits per heavy atom. The molecule has 0 amide bonds. The van der Waals surface area contributed by atoms with Crippen LogP contribution in [0.2, 0.25) is 0 Å². The molecule has 1 saturated carbocycles. The van der Waals surface area contributed by atoms with E-state index in [9.17, 15) is 12.8 Å². The number of hydrogen-bond acceptors (Lipinski definition) is 4. The molecule has 2 rings (SSSR count). The highest BCUT2D eigenvalue weighted by Gasteiger charge is 2.26. The molecule has 0 atom stereocenters. The van der Waals surface area contributed by atoms with Gasteiger partial charge in [-0.25, -0.2) is 22.5 Å². The summed E-state index contributed by atoms with van der Waals surface area (Å²) >= 11 is 0. The highest BCUT2D eigenvalue weighted by Crippen LogP contribution is 2.24. The summed E-state index contributed by atoms with van der Waals surface area (Å²) in [6.07, 6.45) is 3.59. The molecule has 0 radical (unpaired) electrons. The van der Waals surface area contributed by atoms with Crippen LogP contribution in [-0.4, -0.2) is 44.5 Å². The summed E-state index contributed by atoms with van der Waals surface area (Å²) in [4.78, 5) is 5.65. The van der Waals surface area contributed by atoms with Crippen molar-refractivity contribution in [2.24, 2.45) is 0 Å². The van der Waals surface area contributed by atoms with Crippen molar-refractivity contribution in [2.75, 3.05) is 20.1 Å². The number of rotatable bonds is 6. The van der Waals surface area contributed by atoms with Crippen LogP contribution >= 0.6 is 0 Å². The van der Waals surface area contributed by atoms with Crippen LogP contribution in [0.3, 0.4) is 0 Å². The van der Waals surface area contributed by atoms with Crippen LogP contribution in [0.25, 0.3) is 0 Å². The maximum atomic E-state index is 13.3.